The van der Waals surface area contributed by atoms with Crippen molar-refractivity contribution in [2.45, 2.75) is 31.9 Å². The molecule has 37 heavy (non-hydrogen) atoms. The van der Waals surface area contributed by atoms with Crippen molar-refractivity contribution in [2.24, 2.45) is 11.8 Å². The van der Waals surface area contributed by atoms with E-state index in [4.69, 9.17) is 16.3 Å². The van der Waals surface area contributed by atoms with E-state index in [0.29, 0.717) is 47.8 Å². The number of hydrogen-bond acceptors (Lipinski definition) is 4. The van der Waals surface area contributed by atoms with Crippen LogP contribution in [0.2, 0.25) is 5.02 Å². The number of nitrogens with zero attached hydrogens (tertiary/aromatic N) is 2. The predicted molar refractivity (Wildman–Crippen MR) is 140 cm³/mol. The fourth-order valence-electron chi connectivity index (χ4n) is 5.04. The first-order valence-electron chi connectivity index (χ1n) is 12.3. The lowest BCUT2D eigenvalue weighted by Crippen LogP contribution is -2.41. The molecule has 0 unspecified atom stereocenters. The van der Waals surface area contributed by atoms with Crippen LogP contribution in [-0.2, 0) is 4.79 Å². The average molecular weight is 527 g/mol. The second-order valence-electron chi connectivity index (χ2n) is 9.40. The van der Waals surface area contributed by atoms with Gasteiger partial charge in [0, 0.05) is 29.6 Å². The van der Waals surface area contributed by atoms with Crippen LogP contribution in [0, 0.1) is 29.5 Å². The number of aliphatic carboxylic acids is 1. The Balaban J connectivity index is 1.39. The highest BCUT2D eigenvalue weighted by atomic mass is 35.5. The van der Waals surface area contributed by atoms with Gasteiger partial charge in [-0.1, -0.05) is 23.4 Å². The maximum Gasteiger partial charge on any atom is 0.303 e. The molecule has 0 bridgehead atoms. The van der Waals surface area contributed by atoms with Crippen LogP contribution < -0.4 is 4.74 Å². The topological polar surface area (TPSA) is 62.7 Å². The third-order valence-corrected chi connectivity index (χ3v) is 7.22. The quantitative estimate of drug-likeness (QED) is 0.349. The second-order valence-corrected chi connectivity index (χ2v) is 9.83. The smallest absolute Gasteiger partial charge is 0.303 e. The highest BCUT2D eigenvalue weighted by Crippen LogP contribution is 2.36. The van der Waals surface area contributed by atoms with E-state index in [9.17, 15) is 14.3 Å². The third kappa shape index (κ3) is 6.97. The fourth-order valence-corrected chi connectivity index (χ4v) is 5.19. The molecular formula is C29H29ClF2N2O3. The van der Waals surface area contributed by atoms with E-state index < -0.39 is 18.0 Å². The van der Waals surface area contributed by atoms with E-state index in [1.54, 1.807) is 43.6 Å². The predicted octanol–water partition coefficient (Wildman–Crippen LogP) is 6.29. The number of carboxylic acids is 1. The van der Waals surface area contributed by atoms with E-state index in [-0.39, 0.29) is 23.8 Å². The Kier molecular flexibility index (Phi) is 8.96. The summed E-state index contributed by atoms with van der Waals surface area (Å²) in [6.45, 7) is 1.69. The van der Waals surface area contributed by atoms with Crippen LogP contribution in [0.4, 0.5) is 8.78 Å². The van der Waals surface area contributed by atoms with Crippen LogP contribution in [0.15, 0.2) is 48.7 Å². The van der Waals surface area contributed by atoms with E-state index in [2.05, 4.69) is 21.7 Å². The molecule has 5 nitrogen and oxygen atoms in total. The lowest BCUT2D eigenvalue weighted by atomic mass is 9.79. The summed E-state index contributed by atoms with van der Waals surface area (Å²) in [4.78, 5) is 18.0. The molecule has 1 aromatic heterocycles. The fraction of sp³-hybridized carbons (Fsp3) is 0.379. The number of benzene rings is 2. The average Bonchev–Trinajstić information content (AvgIpc) is 2.88. The maximum atomic E-state index is 15.5. The van der Waals surface area contributed by atoms with Gasteiger partial charge in [0.05, 0.1) is 24.7 Å². The zero-order valence-corrected chi connectivity index (χ0v) is 21.3. The lowest BCUT2D eigenvalue weighted by Gasteiger charge is -2.37. The van der Waals surface area contributed by atoms with Crippen LogP contribution in [-0.4, -0.2) is 47.7 Å². The Morgan fingerprint density at radius 1 is 1.27 bits per heavy atom. The van der Waals surface area contributed by atoms with Gasteiger partial charge in [-0.05, 0) is 85.7 Å². The Morgan fingerprint density at radius 3 is 2.86 bits per heavy atom. The number of hydrogen-bond donors (Lipinski definition) is 1. The number of alkyl halides is 1. The summed E-state index contributed by atoms with van der Waals surface area (Å²) < 4.78 is 34.7. The van der Waals surface area contributed by atoms with Crippen LogP contribution in [0.5, 0.6) is 5.75 Å². The molecule has 1 fully saturated rings. The van der Waals surface area contributed by atoms with Gasteiger partial charge >= 0.3 is 5.97 Å². The number of rotatable bonds is 8. The Bertz CT molecular complexity index is 1320. The van der Waals surface area contributed by atoms with Gasteiger partial charge in [-0.3, -0.25) is 14.7 Å². The summed E-state index contributed by atoms with van der Waals surface area (Å²) in [5.74, 6) is 5.11. The number of fused-ring (bicyclic) bond motifs is 1. The molecule has 0 radical (unpaired) electrons. The SMILES string of the molecule is COc1ccc2nccc([C@@H](F)CC[C@@H]3CCN(CC#Cc4ccc(Cl)cc4F)C[C@@H]3CC(=O)O)c2c1. The number of ether oxygens (including phenoxy) is 1. The minimum atomic E-state index is -1.19. The molecule has 1 aliphatic heterocycles. The summed E-state index contributed by atoms with van der Waals surface area (Å²) in [6.07, 6.45) is 2.08. The zero-order chi connectivity index (χ0) is 26.4. The number of aromatic nitrogens is 1. The molecule has 0 aliphatic carbocycles. The van der Waals surface area contributed by atoms with Gasteiger partial charge in [0.15, 0.2) is 0 Å². The van der Waals surface area contributed by atoms with Gasteiger partial charge in [-0.15, -0.1) is 0 Å². The largest absolute Gasteiger partial charge is 0.497 e. The van der Waals surface area contributed by atoms with Crippen molar-refractivity contribution in [1.29, 1.82) is 0 Å². The summed E-state index contributed by atoms with van der Waals surface area (Å²) in [6, 6.07) is 11.5. The molecule has 1 saturated heterocycles. The first-order valence-corrected chi connectivity index (χ1v) is 12.7. The van der Waals surface area contributed by atoms with Crippen LogP contribution in [0.1, 0.15) is 43.0 Å². The minimum Gasteiger partial charge on any atom is -0.497 e. The van der Waals surface area contributed by atoms with Crippen molar-refractivity contribution in [2.75, 3.05) is 26.7 Å². The highest BCUT2D eigenvalue weighted by Gasteiger charge is 2.31. The standard InChI is InChI=1S/C29H29ClF2N2O3/c1-37-23-7-9-28-25(17-23)24(10-12-33-28)26(31)8-5-19-11-14-34(18-21(19)15-29(35)36)13-2-3-20-4-6-22(30)16-27(20)32/h4,6-7,9-10,12,16-17,19,21,26H,5,8,11,13-15,18H2,1H3,(H,35,36)/t19-,21+,26+/m1/s1. The van der Waals surface area contributed by atoms with Gasteiger partial charge < -0.3 is 9.84 Å². The summed E-state index contributed by atoms with van der Waals surface area (Å²) >= 11 is 5.79. The van der Waals surface area contributed by atoms with Crippen LogP contribution in [0.25, 0.3) is 10.9 Å². The van der Waals surface area contributed by atoms with Gasteiger partial charge in [-0.2, -0.15) is 0 Å². The van der Waals surface area contributed by atoms with Crippen molar-refractivity contribution in [3.05, 3.63) is 70.6 Å². The third-order valence-electron chi connectivity index (χ3n) is 6.98. The Labute approximate surface area is 220 Å². The summed E-state index contributed by atoms with van der Waals surface area (Å²) in [5.41, 5.74) is 1.55. The van der Waals surface area contributed by atoms with E-state index >= 15 is 4.39 Å². The van der Waals surface area contributed by atoms with E-state index in [1.807, 2.05) is 6.07 Å². The molecule has 2 aromatic carbocycles. The molecule has 2 heterocycles. The number of piperidine rings is 1. The second kappa shape index (κ2) is 12.4. The molecule has 1 aliphatic rings. The minimum absolute atomic E-state index is 0.0206. The van der Waals surface area contributed by atoms with Gasteiger partial charge in [-0.25, -0.2) is 8.78 Å². The summed E-state index contributed by atoms with van der Waals surface area (Å²) in [5, 5.41) is 10.5. The molecule has 8 heteroatoms. The number of carboxylic acid groups (broad SMARTS) is 1. The number of carbonyl (C=O) groups is 1. The monoisotopic (exact) mass is 526 g/mol. The van der Waals surface area contributed by atoms with Crippen molar-refractivity contribution in [1.82, 2.24) is 9.88 Å². The number of likely N-dealkylation sites (tertiary alicyclic amines) is 1. The molecule has 0 saturated carbocycles. The first kappa shape index (κ1) is 26.8. The Morgan fingerprint density at radius 2 is 2.11 bits per heavy atom. The molecule has 3 atom stereocenters. The molecule has 0 amide bonds. The summed E-state index contributed by atoms with van der Waals surface area (Å²) in [7, 11) is 1.57. The van der Waals surface area contributed by atoms with E-state index in [0.717, 1.165) is 18.4 Å². The molecule has 194 valence electrons. The number of halogens is 3. The molecule has 0 spiro atoms. The first-order chi connectivity index (χ1) is 17.8. The van der Waals surface area contributed by atoms with Crippen molar-refractivity contribution in [3.8, 4) is 17.6 Å². The molecule has 4 rings (SSSR count). The zero-order valence-electron chi connectivity index (χ0n) is 20.6. The lowest BCUT2D eigenvalue weighted by molar-refractivity contribution is -0.139. The van der Waals surface area contributed by atoms with Crippen LogP contribution in [0.3, 0.4) is 0 Å². The van der Waals surface area contributed by atoms with Gasteiger partial charge in [0.2, 0.25) is 0 Å². The maximum absolute atomic E-state index is 15.5. The highest BCUT2D eigenvalue weighted by molar-refractivity contribution is 6.30. The van der Waals surface area contributed by atoms with Crippen LogP contribution >= 0.6 is 11.6 Å². The number of methoxy groups -OCH3 is 1. The van der Waals surface area contributed by atoms with Crippen molar-refractivity contribution < 1.29 is 23.4 Å². The molecular weight excluding hydrogens is 498 g/mol. The number of pyridine rings is 1. The van der Waals surface area contributed by atoms with Crippen molar-refractivity contribution >= 4 is 28.5 Å². The van der Waals surface area contributed by atoms with Crippen molar-refractivity contribution in [3.63, 3.8) is 0 Å². The normalized spacial score (nSPS) is 18.7. The molecule has 1 N–H and O–H groups in total. The van der Waals surface area contributed by atoms with Gasteiger partial charge in [0.25, 0.3) is 0 Å². The van der Waals surface area contributed by atoms with E-state index in [1.165, 1.54) is 6.07 Å². The van der Waals surface area contributed by atoms with Gasteiger partial charge in [0.1, 0.15) is 17.7 Å². The molecule has 3 aromatic rings. The Hall–Kier alpha value is -3.21.